The number of nitrogens with one attached hydrogen (secondary N) is 1. The number of para-hydroxylation sites is 1. The summed E-state index contributed by atoms with van der Waals surface area (Å²) in [6, 6.07) is 5.36. The summed E-state index contributed by atoms with van der Waals surface area (Å²) >= 11 is 4.55. The summed E-state index contributed by atoms with van der Waals surface area (Å²) in [6.45, 7) is 0. The van der Waals surface area contributed by atoms with Gasteiger partial charge in [-0.15, -0.1) is 0 Å². The second kappa shape index (κ2) is 5.46. The van der Waals surface area contributed by atoms with Crippen molar-refractivity contribution in [3.63, 3.8) is 0 Å². The highest BCUT2D eigenvalue weighted by Gasteiger charge is 2.17. The molecule has 2 aromatic rings. The van der Waals surface area contributed by atoms with Crippen LogP contribution in [0, 0.1) is 23.3 Å². The summed E-state index contributed by atoms with van der Waals surface area (Å²) in [5.41, 5.74) is 3.94. The minimum atomic E-state index is -1.32. The highest BCUT2D eigenvalue weighted by Crippen LogP contribution is 2.27. The summed E-state index contributed by atoms with van der Waals surface area (Å²) in [5.74, 6) is -4.45. The zero-order chi connectivity index (χ0) is 14.9. The van der Waals surface area contributed by atoms with Gasteiger partial charge in [-0.3, -0.25) is 0 Å². The molecule has 0 bridgehead atoms. The van der Waals surface area contributed by atoms with Crippen molar-refractivity contribution >= 4 is 28.6 Å². The molecule has 104 valence electrons. The molecule has 3 N–H and O–H groups in total. The van der Waals surface area contributed by atoms with Crippen molar-refractivity contribution < 1.29 is 17.6 Å². The summed E-state index contributed by atoms with van der Waals surface area (Å²) in [6.07, 6.45) is 0. The number of benzene rings is 2. The molecule has 0 spiro atoms. The third-order valence-electron chi connectivity index (χ3n) is 2.57. The predicted octanol–water partition coefficient (Wildman–Crippen LogP) is 3.62. The number of hydrogen-bond acceptors (Lipinski definition) is 2. The lowest BCUT2D eigenvalue weighted by Crippen LogP contribution is -2.13. The van der Waals surface area contributed by atoms with Crippen LogP contribution >= 0.6 is 12.2 Å². The Labute approximate surface area is 117 Å². The van der Waals surface area contributed by atoms with Crippen molar-refractivity contribution in [2.45, 2.75) is 0 Å². The highest BCUT2D eigenvalue weighted by molar-refractivity contribution is 7.80. The van der Waals surface area contributed by atoms with Crippen molar-refractivity contribution in [3.8, 4) is 0 Å². The quantitative estimate of drug-likeness (QED) is 0.671. The van der Waals surface area contributed by atoms with Crippen molar-refractivity contribution in [1.82, 2.24) is 0 Å². The lowest BCUT2D eigenvalue weighted by molar-refractivity contribution is 0.510. The molecule has 0 aliphatic heterocycles. The van der Waals surface area contributed by atoms with Crippen LogP contribution in [0.4, 0.5) is 28.9 Å². The fourth-order valence-electron chi connectivity index (χ4n) is 1.59. The van der Waals surface area contributed by atoms with Gasteiger partial charge < -0.3 is 11.1 Å². The Morgan fingerprint density at radius 1 is 0.950 bits per heavy atom. The lowest BCUT2D eigenvalue weighted by atomic mass is 10.1. The average molecular weight is 300 g/mol. The fraction of sp³-hybridized carbons (Fsp3) is 0. The molecule has 0 aromatic heterocycles. The van der Waals surface area contributed by atoms with E-state index in [1.165, 1.54) is 0 Å². The molecule has 0 saturated heterocycles. The number of halogens is 4. The van der Waals surface area contributed by atoms with Crippen molar-refractivity contribution in [2.24, 2.45) is 5.73 Å². The van der Waals surface area contributed by atoms with Gasteiger partial charge in [0.15, 0.2) is 11.6 Å². The maximum atomic E-state index is 13.8. The summed E-state index contributed by atoms with van der Waals surface area (Å²) < 4.78 is 54.3. The van der Waals surface area contributed by atoms with Crippen LogP contribution in [-0.4, -0.2) is 4.99 Å². The Hall–Kier alpha value is -2.15. The van der Waals surface area contributed by atoms with Gasteiger partial charge in [0, 0.05) is 5.56 Å². The van der Waals surface area contributed by atoms with Gasteiger partial charge in [-0.2, -0.15) is 0 Å². The molecule has 0 atom stereocenters. The van der Waals surface area contributed by atoms with Gasteiger partial charge in [0.25, 0.3) is 0 Å². The molecule has 0 aliphatic carbocycles. The Bertz CT molecular complexity index is 668. The molecular formula is C13H8F4N2S. The van der Waals surface area contributed by atoms with E-state index >= 15 is 0 Å². The molecule has 2 aromatic carbocycles. The van der Waals surface area contributed by atoms with Gasteiger partial charge in [-0.25, -0.2) is 17.6 Å². The monoisotopic (exact) mass is 300 g/mol. The van der Waals surface area contributed by atoms with E-state index in [0.29, 0.717) is 0 Å². The summed E-state index contributed by atoms with van der Waals surface area (Å²) in [7, 11) is 0. The van der Waals surface area contributed by atoms with E-state index in [2.05, 4.69) is 17.5 Å². The molecule has 0 amide bonds. The second-order valence-electron chi connectivity index (χ2n) is 3.87. The van der Waals surface area contributed by atoms with Gasteiger partial charge in [-0.05, 0) is 24.3 Å². The minimum Gasteiger partial charge on any atom is -0.389 e. The molecule has 0 radical (unpaired) electrons. The van der Waals surface area contributed by atoms with Gasteiger partial charge in [-0.1, -0.05) is 18.3 Å². The number of anilines is 2. The number of rotatable bonds is 3. The van der Waals surface area contributed by atoms with Gasteiger partial charge in [0.1, 0.15) is 22.3 Å². The van der Waals surface area contributed by atoms with Crippen LogP contribution in [0.5, 0.6) is 0 Å². The van der Waals surface area contributed by atoms with Crippen LogP contribution < -0.4 is 11.1 Å². The van der Waals surface area contributed by atoms with Crippen LogP contribution in [-0.2, 0) is 0 Å². The fourth-order valence-corrected chi connectivity index (χ4v) is 1.75. The van der Waals surface area contributed by atoms with Crippen LogP contribution in [0.2, 0.25) is 0 Å². The topological polar surface area (TPSA) is 38.0 Å². The van der Waals surface area contributed by atoms with Crippen molar-refractivity contribution in [2.75, 3.05) is 5.32 Å². The molecule has 7 heteroatoms. The predicted molar refractivity (Wildman–Crippen MR) is 71.9 cm³/mol. The lowest BCUT2D eigenvalue weighted by Gasteiger charge is -2.11. The second-order valence-corrected chi connectivity index (χ2v) is 4.31. The summed E-state index contributed by atoms with van der Waals surface area (Å²) in [5, 5.41) is 2.17. The third kappa shape index (κ3) is 2.57. The Balaban J connectivity index is 2.45. The van der Waals surface area contributed by atoms with Gasteiger partial charge in [0.05, 0.1) is 5.69 Å². The first-order valence-corrected chi connectivity index (χ1v) is 5.81. The Morgan fingerprint density at radius 3 is 2.10 bits per heavy atom. The van der Waals surface area contributed by atoms with E-state index in [4.69, 9.17) is 5.73 Å². The minimum absolute atomic E-state index is 0.281. The average Bonchev–Trinajstić information content (AvgIpc) is 2.38. The first kappa shape index (κ1) is 14.3. The van der Waals surface area contributed by atoms with Crippen LogP contribution in [0.3, 0.4) is 0 Å². The van der Waals surface area contributed by atoms with E-state index in [1.54, 1.807) is 0 Å². The Kier molecular flexibility index (Phi) is 3.89. The van der Waals surface area contributed by atoms with E-state index < -0.39 is 34.6 Å². The van der Waals surface area contributed by atoms with E-state index in [0.717, 1.165) is 30.3 Å². The normalized spacial score (nSPS) is 10.4. The van der Waals surface area contributed by atoms with Gasteiger partial charge >= 0.3 is 0 Å². The Morgan fingerprint density at radius 2 is 1.55 bits per heavy atom. The SMILES string of the molecule is NC(=S)c1ccc(Nc2c(F)cccc2F)c(F)c1F. The first-order chi connectivity index (χ1) is 9.41. The smallest absolute Gasteiger partial charge is 0.182 e. The standard InChI is InChI=1S/C13H8F4N2S/c14-7-2-1-3-8(15)12(7)19-9-5-4-6(13(18)20)10(16)11(9)17/h1-5,19H,(H2,18,20). The first-order valence-electron chi connectivity index (χ1n) is 5.40. The molecular weight excluding hydrogens is 292 g/mol. The highest BCUT2D eigenvalue weighted by atomic mass is 32.1. The zero-order valence-electron chi connectivity index (χ0n) is 9.88. The molecule has 0 heterocycles. The number of nitrogens with two attached hydrogens (primary N) is 1. The molecule has 0 saturated carbocycles. The maximum absolute atomic E-state index is 13.8. The number of hydrogen-bond donors (Lipinski definition) is 2. The van der Waals surface area contributed by atoms with E-state index in [1.807, 2.05) is 0 Å². The van der Waals surface area contributed by atoms with Crippen LogP contribution in [0.15, 0.2) is 30.3 Å². The molecule has 0 aliphatic rings. The summed E-state index contributed by atoms with van der Waals surface area (Å²) in [4.78, 5) is -0.315. The van der Waals surface area contributed by atoms with E-state index in [-0.39, 0.29) is 10.6 Å². The van der Waals surface area contributed by atoms with Crippen molar-refractivity contribution in [3.05, 3.63) is 59.2 Å². The maximum Gasteiger partial charge on any atom is 0.182 e. The molecule has 2 rings (SSSR count). The van der Waals surface area contributed by atoms with Crippen molar-refractivity contribution in [1.29, 1.82) is 0 Å². The molecule has 2 nitrogen and oxygen atoms in total. The van der Waals surface area contributed by atoms with Crippen LogP contribution in [0.25, 0.3) is 0 Å². The van der Waals surface area contributed by atoms with Crippen LogP contribution in [0.1, 0.15) is 5.56 Å². The largest absolute Gasteiger partial charge is 0.389 e. The zero-order valence-corrected chi connectivity index (χ0v) is 10.7. The number of thiocarbonyl (C=S) groups is 1. The molecule has 0 fully saturated rings. The molecule has 20 heavy (non-hydrogen) atoms. The third-order valence-corrected chi connectivity index (χ3v) is 2.79. The molecule has 0 unspecified atom stereocenters. The van der Waals surface area contributed by atoms with Gasteiger partial charge in [0.2, 0.25) is 0 Å². The van der Waals surface area contributed by atoms with E-state index in [9.17, 15) is 17.6 Å².